The number of anilines is 1. The summed E-state index contributed by atoms with van der Waals surface area (Å²) in [6.45, 7) is 0.617. The Hall–Kier alpha value is -3.36. The van der Waals surface area contributed by atoms with E-state index in [0.717, 1.165) is 36.8 Å². The minimum absolute atomic E-state index is 0.00729. The standard InChI is InChI=1S/C25H27ClN6O2/c26-18-11-5-4-10-17(18)15-31-21-22(29-24(31)28-20-13-7-6-12-19(20)27)32(25(34)30-23(21)33)14-16-8-2-1-3-9-16/h1-5,8-11,19-20H,6-7,12-15,27H2,(H,28,29)(H,30,33,34)/t19-,20+/m0/s1. The molecule has 8 nitrogen and oxygen atoms in total. The lowest BCUT2D eigenvalue weighted by atomic mass is 9.91. The van der Waals surface area contributed by atoms with Crippen LogP contribution in [0.3, 0.4) is 0 Å². The monoisotopic (exact) mass is 478 g/mol. The molecule has 1 aliphatic carbocycles. The molecule has 2 aromatic heterocycles. The van der Waals surface area contributed by atoms with Crippen molar-refractivity contribution in [2.45, 2.75) is 50.9 Å². The van der Waals surface area contributed by atoms with Gasteiger partial charge in [0, 0.05) is 17.1 Å². The molecular formula is C25H27ClN6O2. The van der Waals surface area contributed by atoms with Gasteiger partial charge in [-0.05, 0) is 30.0 Å². The first kappa shape index (κ1) is 22.4. The van der Waals surface area contributed by atoms with Crippen LogP contribution in [0.15, 0.2) is 64.2 Å². The lowest BCUT2D eigenvalue weighted by molar-refractivity contribution is 0.401. The summed E-state index contributed by atoms with van der Waals surface area (Å²) in [7, 11) is 0. The molecule has 0 saturated heterocycles. The van der Waals surface area contributed by atoms with Gasteiger partial charge in [-0.25, -0.2) is 4.79 Å². The molecule has 2 heterocycles. The Bertz CT molecular complexity index is 1430. The van der Waals surface area contributed by atoms with Gasteiger partial charge in [-0.2, -0.15) is 4.98 Å². The highest BCUT2D eigenvalue weighted by Crippen LogP contribution is 2.25. The van der Waals surface area contributed by atoms with Crippen molar-refractivity contribution in [2.75, 3.05) is 5.32 Å². The lowest BCUT2D eigenvalue weighted by Gasteiger charge is -2.29. The summed E-state index contributed by atoms with van der Waals surface area (Å²) in [5.41, 5.74) is 7.84. The molecule has 2 aromatic carbocycles. The van der Waals surface area contributed by atoms with E-state index in [0.29, 0.717) is 35.2 Å². The molecule has 0 spiro atoms. The van der Waals surface area contributed by atoms with Gasteiger partial charge in [-0.3, -0.25) is 18.9 Å². The van der Waals surface area contributed by atoms with Gasteiger partial charge in [0.2, 0.25) is 5.95 Å². The number of H-pyrrole nitrogens is 1. The number of hydrogen-bond donors (Lipinski definition) is 3. The number of fused-ring (bicyclic) bond motifs is 1. The number of nitrogens with one attached hydrogen (secondary N) is 2. The summed E-state index contributed by atoms with van der Waals surface area (Å²) in [5, 5.41) is 4.08. The maximum atomic E-state index is 13.1. The molecule has 0 amide bonds. The van der Waals surface area contributed by atoms with Crippen LogP contribution in [-0.4, -0.2) is 31.2 Å². The van der Waals surface area contributed by atoms with Crippen molar-refractivity contribution >= 4 is 28.7 Å². The zero-order valence-corrected chi connectivity index (χ0v) is 19.5. The fraction of sp³-hybridized carbons (Fsp3) is 0.320. The summed E-state index contributed by atoms with van der Waals surface area (Å²) in [6, 6.07) is 17.1. The van der Waals surface area contributed by atoms with Crippen LogP contribution < -0.4 is 22.3 Å². The first-order valence-corrected chi connectivity index (χ1v) is 11.9. The van der Waals surface area contributed by atoms with Gasteiger partial charge in [-0.15, -0.1) is 0 Å². The van der Waals surface area contributed by atoms with E-state index in [9.17, 15) is 9.59 Å². The smallest absolute Gasteiger partial charge is 0.330 e. The second-order valence-electron chi connectivity index (χ2n) is 8.82. The Labute approximate surface area is 201 Å². The van der Waals surface area contributed by atoms with E-state index in [1.807, 2.05) is 54.6 Å². The minimum atomic E-state index is -0.496. The molecule has 176 valence electrons. The van der Waals surface area contributed by atoms with Gasteiger partial charge in [0.25, 0.3) is 5.56 Å². The van der Waals surface area contributed by atoms with Crippen LogP contribution in [0.2, 0.25) is 5.02 Å². The van der Waals surface area contributed by atoms with E-state index in [1.165, 1.54) is 4.57 Å². The highest BCUT2D eigenvalue weighted by atomic mass is 35.5. The number of aromatic amines is 1. The summed E-state index contributed by atoms with van der Waals surface area (Å²) in [4.78, 5) is 33.1. The van der Waals surface area contributed by atoms with Crippen molar-refractivity contribution in [1.29, 1.82) is 0 Å². The van der Waals surface area contributed by atoms with E-state index in [1.54, 1.807) is 4.57 Å². The highest BCUT2D eigenvalue weighted by Gasteiger charge is 2.26. The molecule has 34 heavy (non-hydrogen) atoms. The minimum Gasteiger partial charge on any atom is -0.351 e. The second kappa shape index (κ2) is 9.48. The average molecular weight is 479 g/mol. The first-order valence-electron chi connectivity index (χ1n) is 11.5. The van der Waals surface area contributed by atoms with Gasteiger partial charge >= 0.3 is 5.69 Å². The van der Waals surface area contributed by atoms with Crippen LogP contribution in [0.1, 0.15) is 36.8 Å². The second-order valence-corrected chi connectivity index (χ2v) is 9.22. The van der Waals surface area contributed by atoms with Crippen LogP contribution in [-0.2, 0) is 13.1 Å². The van der Waals surface area contributed by atoms with Gasteiger partial charge in [0.1, 0.15) is 0 Å². The summed E-state index contributed by atoms with van der Waals surface area (Å²) in [5.74, 6) is 0.509. The summed E-state index contributed by atoms with van der Waals surface area (Å²) in [6.07, 6.45) is 4.03. The molecule has 4 aromatic rings. The zero-order valence-electron chi connectivity index (χ0n) is 18.7. The maximum absolute atomic E-state index is 13.1. The fourth-order valence-corrected chi connectivity index (χ4v) is 4.85. The SMILES string of the molecule is N[C@H]1CCCC[C@H]1Nc1nc2c(c(=O)[nH]c(=O)n2Cc2ccccc2)n1Cc1ccccc1Cl. The lowest BCUT2D eigenvalue weighted by Crippen LogP contribution is -2.43. The molecule has 1 saturated carbocycles. The van der Waals surface area contributed by atoms with Crippen molar-refractivity contribution < 1.29 is 0 Å². The van der Waals surface area contributed by atoms with Crippen molar-refractivity contribution in [3.8, 4) is 0 Å². The summed E-state index contributed by atoms with van der Waals surface area (Å²) >= 11 is 6.45. The van der Waals surface area contributed by atoms with E-state index < -0.39 is 11.2 Å². The predicted molar refractivity (Wildman–Crippen MR) is 135 cm³/mol. The normalized spacial score (nSPS) is 18.3. The van der Waals surface area contributed by atoms with Crippen molar-refractivity contribution in [3.05, 3.63) is 91.6 Å². The number of imidazole rings is 1. The third-order valence-corrected chi connectivity index (χ3v) is 6.86. The third-order valence-electron chi connectivity index (χ3n) is 6.49. The first-order chi connectivity index (χ1) is 16.5. The van der Waals surface area contributed by atoms with Crippen LogP contribution in [0.25, 0.3) is 11.2 Å². The van der Waals surface area contributed by atoms with Gasteiger partial charge < -0.3 is 11.1 Å². The number of nitrogens with zero attached hydrogens (tertiary/aromatic N) is 3. The molecule has 1 aliphatic rings. The van der Waals surface area contributed by atoms with Crippen molar-refractivity contribution in [3.63, 3.8) is 0 Å². The maximum Gasteiger partial charge on any atom is 0.330 e. The number of halogens is 1. The molecule has 0 unspecified atom stereocenters. The Morgan fingerprint density at radius 1 is 1.00 bits per heavy atom. The molecule has 5 rings (SSSR count). The number of nitrogens with two attached hydrogens (primary N) is 1. The summed E-state index contributed by atoms with van der Waals surface area (Å²) < 4.78 is 3.30. The Balaban J connectivity index is 1.67. The van der Waals surface area contributed by atoms with Gasteiger partial charge in [-0.1, -0.05) is 73.0 Å². The van der Waals surface area contributed by atoms with Crippen LogP contribution in [0, 0.1) is 0 Å². The Morgan fingerprint density at radius 2 is 1.74 bits per heavy atom. The predicted octanol–water partition coefficient (Wildman–Crippen LogP) is 3.32. The van der Waals surface area contributed by atoms with E-state index >= 15 is 0 Å². The number of rotatable bonds is 6. The molecular weight excluding hydrogens is 452 g/mol. The Morgan fingerprint density at radius 3 is 2.50 bits per heavy atom. The van der Waals surface area contributed by atoms with E-state index in [2.05, 4.69) is 10.3 Å². The molecule has 2 atom stereocenters. The fourth-order valence-electron chi connectivity index (χ4n) is 4.65. The third kappa shape index (κ3) is 4.38. The molecule has 0 bridgehead atoms. The molecule has 0 radical (unpaired) electrons. The zero-order chi connectivity index (χ0) is 23.7. The number of hydrogen-bond acceptors (Lipinski definition) is 5. The quantitative estimate of drug-likeness (QED) is 0.393. The van der Waals surface area contributed by atoms with Crippen LogP contribution in [0.5, 0.6) is 0 Å². The van der Waals surface area contributed by atoms with E-state index in [4.69, 9.17) is 22.3 Å². The molecule has 1 fully saturated rings. The van der Waals surface area contributed by atoms with Crippen molar-refractivity contribution in [1.82, 2.24) is 19.1 Å². The van der Waals surface area contributed by atoms with Crippen LogP contribution in [0.4, 0.5) is 5.95 Å². The van der Waals surface area contributed by atoms with Gasteiger partial charge in [0.15, 0.2) is 11.2 Å². The number of aromatic nitrogens is 4. The van der Waals surface area contributed by atoms with E-state index in [-0.39, 0.29) is 12.1 Å². The van der Waals surface area contributed by atoms with Gasteiger partial charge in [0.05, 0.1) is 13.1 Å². The molecule has 9 heteroatoms. The average Bonchev–Trinajstić information content (AvgIpc) is 3.18. The topological polar surface area (TPSA) is 111 Å². The number of benzene rings is 2. The molecule has 0 aliphatic heterocycles. The highest BCUT2D eigenvalue weighted by molar-refractivity contribution is 6.31. The largest absolute Gasteiger partial charge is 0.351 e. The van der Waals surface area contributed by atoms with Crippen LogP contribution >= 0.6 is 11.6 Å². The molecule has 4 N–H and O–H groups in total. The van der Waals surface area contributed by atoms with Crippen molar-refractivity contribution in [2.24, 2.45) is 5.73 Å². The Kier molecular flexibility index (Phi) is 6.26.